The average Bonchev–Trinajstić information content (AvgIpc) is 2.66. The summed E-state index contributed by atoms with van der Waals surface area (Å²) in [5.74, 6) is 1.09. The standard InChI is InChI=1S/C18H28N2O5S/c1-24-16-10-9-15(14-17(16)25-2)19-18(21)8-4-7-13-26(22,23)20-11-5-3-6-12-20/h9-10,14H,3-8,11-13H2,1-2H3,(H,19,21). The Morgan fingerprint density at radius 2 is 1.77 bits per heavy atom. The Kier molecular flexibility index (Phi) is 7.71. The van der Waals surface area contributed by atoms with Gasteiger partial charge < -0.3 is 14.8 Å². The quantitative estimate of drug-likeness (QED) is 0.662. The van der Waals surface area contributed by atoms with Gasteiger partial charge in [0.25, 0.3) is 0 Å². The number of carbonyl (C=O) groups is 1. The van der Waals surface area contributed by atoms with Crippen molar-refractivity contribution in [3.05, 3.63) is 18.2 Å². The highest BCUT2D eigenvalue weighted by atomic mass is 32.2. The van der Waals surface area contributed by atoms with E-state index in [1.165, 1.54) is 7.11 Å². The second-order valence-corrected chi connectivity index (χ2v) is 8.44. The topological polar surface area (TPSA) is 84.9 Å². The summed E-state index contributed by atoms with van der Waals surface area (Å²) in [6, 6.07) is 5.15. The van der Waals surface area contributed by atoms with Crippen LogP contribution < -0.4 is 14.8 Å². The Morgan fingerprint density at radius 1 is 1.08 bits per heavy atom. The van der Waals surface area contributed by atoms with Crippen molar-refractivity contribution in [3.8, 4) is 11.5 Å². The number of anilines is 1. The molecule has 0 aliphatic carbocycles. The molecule has 1 aliphatic heterocycles. The number of hydrogen-bond donors (Lipinski definition) is 1. The van der Waals surface area contributed by atoms with Gasteiger partial charge in [-0.1, -0.05) is 6.42 Å². The molecule has 0 atom stereocenters. The molecule has 0 spiro atoms. The Balaban J connectivity index is 1.75. The van der Waals surface area contributed by atoms with E-state index in [-0.39, 0.29) is 18.1 Å². The first-order valence-corrected chi connectivity index (χ1v) is 10.6. The summed E-state index contributed by atoms with van der Waals surface area (Å²) < 4.78 is 36.5. The molecule has 26 heavy (non-hydrogen) atoms. The maximum Gasteiger partial charge on any atom is 0.224 e. The predicted molar refractivity (Wildman–Crippen MR) is 101 cm³/mol. The number of ether oxygens (including phenoxy) is 2. The molecule has 0 unspecified atom stereocenters. The number of amides is 1. The number of methoxy groups -OCH3 is 2. The van der Waals surface area contributed by atoms with E-state index >= 15 is 0 Å². The number of hydrogen-bond acceptors (Lipinski definition) is 5. The summed E-state index contributed by atoms with van der Waals surface area (Å²) in [6.45, 7) is 1.25. The van der Waals surface area contributed by atoms with Crippen molar-refractivity contribution in [2.45, 2.75) is 38.5 Å². The molecule has 8 heteroatoms. The van der Waals surface area contributed by atoms with Gasteiger partial charge in [0.2, 0.25) is 15.9 Å². The smallest absolute Gasteiger partial charge is 0.224 e. The number of nitrogens with zero attached hydrogens (tertiary/aromatic N) is 1. The third kappa shape index (κ3) is 5.88. The van der Waals surface area contributed by atoms with E-state index in [2.05, 4.69) is 5.32 Å². The summed E-state index contributed by atoms with van der Waals surface area (Å²) in [5.41, 5.74) is 0.619. The number of rotatable bonds is 9. The maximum absolute atomic E-state index is 12.3. The maximum atomic E-state index is 12.3. The SMILES string of the molecule is COc1ccc(NC(=O)CCCCS(=O)(=O)N2CCCCC2)cc1OC. The summed E-state index contributed by atoms with van der Waals surface area (Å²) >= 11 is 0. The van der Waals surface area contributed by atoms with E-state index in [1.54, 1.807) is 29.6 Å². The minimum Gasteiger partial charge on any atom is -0.493 e. The fourth-order valence-electron chi connectivity index (χ4n) is 2.98. The van der Waals surface area contributed by atoms with E-state index in [4.69, 9.17) is 9.47 Å². The van der Waals surface area contributed by atoms with Crippen LogP contribution in [0.3, 0.4) is 0 Å². The average molecular weight is 384 g/mol. The third-order valence-electron chi connectivity index (χ3n) is 4.43. The summed E-state index contributed by atoms with van der Waals surface area (Å²) in [7, 11) is -0.102. The Bertz CT molecular complexity index is 700. The highest BCUT2D eigenvalue weighted by Gasteiger charge is 2.23. The van der Waals surface area contributed by atoms with Crippen LogP contribution in [-0.2, 0) is 14.8 Å². The molecule has 0 bridgehead atoms. The van der Waals surface area contributed by atoms with E-state index in [1.807, 2.05) is 0 Å². The van der Waals surface area contributed by atoms with Crippen LogP contribution in [0.2, 0.25) is 0 Å². The molecule has 7 nitrogen and oxygen atoms in total. The normalized spacial score (nSPS) is 15.5. The number of piperidine rings is 1. The second kappa shape index (κ2) is 9.78. The zero-order valence-electron chi connectivity index (χ0n) is 15.5. The monoisotopic (exact) mass is 384 g/mol. The molecule has 2 rings (SSSR count). The van der Waals surface area contributed by atoms with E-state index < -0.39 is 10.0 Å². The zero-order chi connectivity index (χ0) is 19.0. The zero-order valence-corrected chi connectivity index (χ0v) is 16.3. The minimum absolute atomic E-state index is 0.108. The number of sulfonamides is 1. The second-order valence-electron chi connectivity index (χ2n) is 6.35. The van der Waals surface area contributed by atoms with Crippen molar-refractivity contribution >= 4 is 21.6 Å². The van der Waals surface area contributed by atoms with Crippen LogP contribution in [0.25, 0.3) is 0 Å². The van der Waals surface area contributed by atoms with Crippen LogP contribution in [-0.4, -0.2) is 51.7 Å². The number of benzene rings is 1. The van der Waals surface area contributed by atoms with Crippen molar-refractivity contribution in [2.75, 3.05) is 38.4 Å². The van der Waals surface area contributed by atoms with Gasteiger partial charge in [-0.05, 0) is 37.8 Å². The molecule has 1 aromatic carbocycles. The van der Waals surface area contributed by atoms with Gasteiger partial charge in [0.05, 0.1) is 20.0 Å². The van der Waals surface area contributed by atoms with Gasteiger partial charge in [-0.3, -0.25) is 4.79 Å². The van der Waals surface area contributed by atoms with Crippen LogP contribution in [0, 0.1) is 0 Å². The largest absolute Gasteiger partial charge is 0.493 e. The first-order chi connectivity index (χ1) is 12.5. The van der Waals surface area contributed by atoms with Crippen LogP contribution in [0.1, 0.15) is 38.5 Å². The fraction of sp³-hybridized carbons (Fsp3) is 0.611. The molecule has 1 saturated heterocycles. The lowest BCUT2D eigenvalue weighted by Crippen LogP contribution is -2.37. The predicted octanol–water partition coefficient (Wildman–Crippen LogP) is 2.63. The van der Waals surface area contributed by atoms with Crippen LogP contribution in [0.5, 0.6) is 11.5 Å². The molecule has 146 valence electrons. The van der Waals surface area contributed by atoms with E-state index in [0.29, 0.717) is 43.1 Å². The minimum atomic E-state index is -3.19. The van der Waals surface area contributed by atoms with Crippen LogP contribution in [0.4, 0.5) is 5.69 Å². The van der Waals surface area contributed by atoms with Crippen molar-refractivity contribution in [1.82, 2.24) is 4.31 Å². The van der Waals surface area contributed by atoms with Crippen LogP contribution in [0.15, 0.2) is 18.2 Å². The van der Waals surface area contributed by atoms with Crippen LogP contribution >= 0.6 is 0 Å². The van der Waals surface area contributed by atoms with Gasteiger partial charge >= 0.3 is 0 Å². The first kappa shape index (κ1) is 20.5. The van der Waals surface area contributed by atoms with Crippen molar-refractivity contribution in [1.29, 1.82) is 0 Å². The Labute approximate surface area is 155 Å². The molecule has 1 heterocycles. The number of unbranched alkanes of at least 4 members (excludes halogenated alkanes) is 1. The van der Waals surface area contributed by atoms with Gasteiger partial charge in [0, 0.05) is 31.3 Å². The molecule has 0 aromatic heterocycles. The molecule has 1 aliphatic rings. The van der Waals surface area contributed by atoms with Gasteiger partial charge in [0.15, 0.2) is 11.5 Å². The van der Waals surface area contributed by atoms with E-state index in [9.17, 15) is 13.2 Å². The molecular weight excluding hydrogens is 356 g/mol. The number of carbonyl (C=O) groups excluding carboxylic acids is 1. The molecule has 0 radical (unpaired) electrons. The first-order valence-electron chi connectivity index (χ1n) is 8.96. The molecule has 0 saturated carbocycles. The van der Waals surface area contributed by atoms with Gasteiger partial charge in [-0.2, -0.15) is 0 Å². The molecular formula is C18H28N2O5S. The third-order valence-corrected chi connectivity index (χ3v) is 6.39. The lowest BCUT2D eigenvalue weighted by Gasteiger charge is -2.25. The highest BCUT2D eigenvalue weighted by molar-refractivity contribution is 7.89. The summed E-state index contributed by atoms with van der Waals surface area (Å²) in [4.78, 5) is 12.0. The lowest BCUT2D eigenvalue weighted by molar-refractivity contribution is -0.116. The summed E-state index contributed by atoms with van der Waals surface area (Å²) in [5, 5.41) is 2.79. The molecule has 1 N–H and O–H groups in total. The van der Waals surface area contributed by atoms with E-state index in [0.717, 1.165) is 19.3 Å². The Hall–Kier alpha value is -1.80. The van der Waals surface area contributed by atoms with Crippen molar-refractivity contribution in [3.63, 3.8) is 0 Å². The fourth-order valence-corrected chi connectivity index (χ4v) is 4.62. The molecule has 1 aromatic rings. The Morgan fingerprint density at radius 3 is 2.42 bits per heavy atom. The highest BCUT2D eigenvalue weighted by Crippen LogP contribution is 2.29. The van der Waals surface area contributed by atoms with Gasteiger partial charge in [-0.15, -0.1) is 0 Å². The molecule has 1 amide bonds. The summed E-state index contributed by atoms with van der Waals surface area (Å²) in [6.07, 6.45) is 4.27. The van der Waals surface area contributed by atoms with Crippen molar-refractivity contribution < 1.29 is 22.7 Å². The lowest BCUT2D eigenvalue weighted by atomic mass is 10.2. The molecule has 1 fully saturated rings. The number of nitrogens with one attached hydrogen (secondary N) is 1. The van der Waals surface area contributed by atoms with Gasteiger partial charge in [-0.25, -0.2) is 12.7 Å². The van der Waals surface area contributed by atoms with Gasteiger partial charge in [0.1, 0.15) is 0 Å². The van der Waals surface area contributed by atoms with Crippen molar-refractivity contribution in [2.24, 2.45) is 0 Å².